The van der Waals surface area contributed by atoms with Crippen molar-refractivity contribution < 1.29 is 14.6 Å². The van der Waals surface area contributed by atoms with Crippen molar-refractivity contribution in [3.8, 4) is 5.75 Å². The highest BCUT2D eigenvalue weighted by atomic mass is 16.5. The van der Waals surface area contributed by atoms with Gasteiger partial charge in [0.1, 0.15) is 11.9 Å². The predicted molar refractivity (Wildman–Crippen MR) is 121 cm³/mol. The number of ether oxygens (including phenoxy) is 1. The fourth-order valence-electron chi connectivity index (χ4n) is 3.89. The number of carbonyl (C=O) groups excluding carboxylic acids is 1. The second-order valence-electron chi connectivity index (χ2n) is 7.62. The molecular weight excluding hydrogens is 388 g/mol. The lowest BCUT2D eigenvalue weighted by Gasteiger charge is -2.31. The molecule has 0 unspecified atom stereocenters. The van der Waals surface area contributed by atoms with Gasteiger partial charge in [0.25, 0.3) is 0 Å². The zero-order valence-electron chi connectivity index (χ0n) is 17.7. The number of aromatic hydroxyl groups is 1. The van der Waals surface area contributed by atoms with E-state index in [-0.39, 0.29) is 23.9 Å². The number of phenols is 1. The zero-order valence-corrected chi connectivity index (χ0v) is 17.7. The van der Waals surface area contributed by atoms with Gasteiger partial charge in [-0.05, 0) is 41.3 Å². The van der Waals surface area contributed by atoms with Crippen molar-refractivity contribution in [1.29, 1.82) is 0 Å². The van der Waals surface area contributed by atoms with Crippen molar-refractivity contribution in [3.05, 3.63) is 101 Å². The number of phenolic OH excluding ortho intramolecular Hbond substituents is 1. The number of benzene rings is 3. The van der Waals surface area contributed by atoms with Crippen LogP contribution in [0.1, 0.15) is 58.2 Å². The molecule has 31 heavy (non-hydrogen) atoms. The molecule has 158 valence electrons. The van der Waals surface area contributed by atoms with Gasteiger partial charge in [0.05, 0.1) is 12.7 Å². The highest BCUT2D eigenvalue weighted by Gasteiger charge is 2.27. The molecule has 5 heteroatoms. The smallest absolute Gasteiger partial charge is 0.337 e. The van der Waals surface area contributed by atoms with Crippen LogP contribution in [0.15, 0.2) is 77.8 Å². The largest absolute Gasteiger partial charge is 0.508 e. The quantitative estimate of drug-likeness (QED) is 0.579. The minimum absolute atomic E-state index is 0.0927. The van der Waals surface area contributed by atoms with Crippen LogP contribution < -0.4 is 5.32 Å². The number of aliphatic imine (C=N–C) groups is 1. The van der Waals surface area contributed by atoms with Crippen molar-refractivity contribution in [1.82, 2.24) is 5.32 Å². The monoisotopic (exact) mass is 414 g/mol. The van der Waals surface area contributed by atoms with Crippen molar-refractivity contribution in [2.45, 2.75) is 32.0 Å². The summed E-state index contributed by atoms with van der Waals surface area (Å²) in [4.78, 5) is 16.8. The number of hydrogen-bond acceptors (Lipinski definition) is 5. The lowest BCUT2D eigenvalue weighted by Crippen LogP contribution is -2.33. The summed E-state index contributed by atoms with van der Waals surface area (Å²) in [7, 11) is 1.37. The van der Waals surface area contributed by atoms with Crippen molar-refractivity contribution in [3.63, 3.8) is 0 Å². The third-order valence-electron chi connectivity index (χ3n) is 5.70. The average Bonchev–Trinajstić information content (AvgIpc) is 2.83. The Morgan fingerprint density at radius 1 is 1.06 bits per heavy atom. The topological polar surface area (TPSA) is 70.9 Å². The fraction of sp³-hybridized carbons (Fsp3) is 0.231. The maximum Gasteiger partial charge on any atom is 0.337 e. The van der Waals surface area contributed by atoms with E-state index in [1.54, 1.807) is 18.2 Å². The Hall–Kier alpha value is -3.44. The first-order valence-electron chi connectivity index (χ1n) is 10.5. The Labute approximate surface area is 182 Å². The zero-order chi connectivity index (χ0) is 21.8. The van der Waals surface area contributed by atoms with E-state index in [1.807, 2.05) is 30.3 Å². The van der Waals surface area contributed by atoms with Crippen LogP contribution in [-0.4, -0.2) is 23.9 Å². The molecule has 0 aromatic heterocycles. The molecule has 0 radical (unpaired) electrons. The maximum atomic E-state index is 11.8. The minimum atomic E-state index is -0.365. The van der Waals surface area contributed by atoms with Crippen LogP contribution in [0.5, 0.6) is 5.75 Å². The van der Waals surface area contributed by atoms with Gasteiger partial charge in [-0.3, -0.25) is 10.3 Å². The van der Waals surface area contributed by atoms with E-state index in [1.165, 1.54) is 12.7 Å². The molecule has 1 aliphatic heterocycles. The van der Waals surface area contributed by atoms with Gasteiger partial charge >= 0.3 is 5.97 Å². The molecule has 1 heterocycles. The Balaban J connectivity index is 1.71. The minimum Gasteiger partial charge on any atom is -0.508 e. The summed E-state index contributed by atoms with van der Waals surface area (Å²) < 4.78 is 4.79. The molecule has 2 N–H and O–H groups in total. The number of aryl methyl sites for hydroxylation is 1. The number of carbonyl (C=O) groups is 1. The van der Waals surface area contributed by atoms with E-state index in [4.69, 9.17) is 9.73 Å². The predicted octanol–water partition coefficient (Wildman–Crippen LogP) is 4.96. The lowest BCUT2D eigenvalue weighted by atomic mass is 9.93. The molecule has 5 nitrogen and oxygen atoms in total. The number of rotatable bonds is 5. The van der Waals surface area contributed by atoms with Gasteiger partial charge in [-0.1, -0.05) is 61.5 Å². The van der Waals surface area contributed by atoms with Gasteiger partial charge < -0.3 is 9.84 Å². The number of nitrogens with one attached hydrogen (secondary N) is 1. The second-order valence-corrected chi connectivity index (χ2v) is 7.62. The number of nitrogens with zero attached hydrogens (tertiary/aromatic N) is 1. The first-order chi connectivity index (χ1) is 15.1. The number of hydrogen-bond donors (Lipinski definition) is 2. The molecule has 0 aliphatic carbocycles. The van der Waals surface area contributed by atoms with E-state index in [2.05, 4.69) is 36.5 Å². The first kappa shape index (κ1) is 20.8. The highest BCUT2D eigenvalue weighted by molar-refractivity contribution is 6.01. The van der Waals surface area contributed by atoms with Gasteiger partial charge in [0.2, 0.25) is 0 Å². The molecule has 0 saturated heterocycles. The Bertz CT molecular complexity index is 1090. The van der Waals surface area contributed by atoms with Gasteiger partial charge in [-0.15, -0.1) is 0 Å². The Morgan fingerprint density at radius 2 is 1.77 bits per heavy atom. The van der Waals surface area contributed by atoms with Gasteiger partial charge in [-0.2, -0.15) is 0 Å². The number of esters is 1. The molecule has 0 fully saturated rings. The summed E-state index contributed by atoms with van der Waals surface area (Å²) in [5.41, 5.74) is 5.63. The third-order valence-corrected chi connectivity index (χ3v) is 5.70. The summed E-state index contributed by atoms with van der Waals surface area (Å²) in [6, 6.07) is 23.1. The molecule has 0 spiro atoms. The van der Waals surface area contributed by atoms with Crippen LogP contribution >= 0.6 is 0 Å². The second kappa shape index (κ2) is 9.14. The van der Waals surface area contributed by atoms with E-state index in [9.17, 15) is 9.90 Å². The van der Waals surface area contributed by atoms with Crippen molar-refractivity contribution >= 4 is 11.7 Å². The Kier molecular flexibility index (Phi) is 6.14. The van der Waals surface area contributed by atoms with Crippen molar-refractivity contribution in [2.24, 2.45) is 4.99 Å². The summed E-state index contributed by atoms with van der Waals surface area (Å²) in [6.07, 6.45) is 1.36. The molecule has 3 aromatic carbocycles. The van der Waals surface area contributed by atoms with Crippen LogP contribution in [-0.2, 0) is 11.2 Å². The van der Waals surface area contributed by atoms with Crippen LogP contribution in [0.2, 0.25) is 0 Å². The summed E-state index contributed by atoms with van der Waals surface area (Å²) in [5.74, 6) is -0.0992. The lowest BCUT2D eigenvalue weighted by molar-refractivity contribution is 0.0600. The Morgan fingerprint density at radius 3 is 2.42 bits per heavy atom. The van der Waals surface area contributed by atoms with E-state index >= 15 is 0 Å². The van der Waals surface area contributed by atoms with Gasteiger partial charge in [0.15, 0.2) is 0 Å². The summed E-state index contributed by atoms with van der Waals surface area (Å²) >= 11 is 0. The van der Waals surface area contributed by atoms with Crippen LogP contribution in [0.25, 0.3) is 0 Å². The van der Waals surface area contributed by atoms with Crippen LogP contribution in [0.3, 0.4) is 0 Å². The number of methoxy groups -OCH3 is 1. The normalized spacial score (nSPS) is 18.3. The highest BCUT2D eigenvalue weighted by Crippen LogP contribution is 2.34. The molecule has 4 rings (SSSR count). The standard InChI is InChI=1S/C26H26N2O3/c1-3-17-8-10-18(11-9-17)22-16-23(21-6-4-5-7-24(21)29)28-25(27-22)19-12-14-20(15-13-19)26(30)31-2/h4-15,23,25,28-29H,3,16H2,1-2H3/t23-,25-/m0/s1. The SMILES string of the molecule is CCc1ccc(C2=N[C@H](c3ccc(C(=O)OC)cc3)N[C@H](c3ccccc3O)C2)cc1. The van der Waals surface area contributed by atoms with Gasteiger partial charge in [-0.25, -0.2) is 4.79 Å². The third kappa shape index (κ3) is 4.52. The molecule has 2 atom stereocenters. The molecule has 0 saturated carbocycles. The van der Waals surface area contributed by atoms with E-state index in [0.717, 1.165) is 28.8 Å². The van der Waals surface area contributed by atoms with E-state index in [0.29, 0.717) is 12.0 Å². The van der Waals surface area contributed by atoms with E-state index < -0.39 is 0 Å². The molecular formula is C26H26N2O3. The van der Waals surface area contributed by atoms with Gasteiger partial charge in [0, 0.05) is 23.7 Å². The maximum absolute atomic E-state index is 11.8. The average molecular weight is 415 g/mol. The van der Waals surface area contributed by atoms with Crippen molar-refractivity contribution in [2.75, 3.05) is 7.11 Å². The molecule has 3 aromatic rings. The first-order valence-corrected chi connectivity index (χ1v) is 10.5. The van der Waals surface area contributed by atoms with Crippen LogP contribution in [0, 0.1) is 0 Å². The molecule has 1 aliphatic rings. The van der Waals surface area contributed by atoms with Crippen LogP contribution in [0.4, 0.5) is 0 Å². The molecule has 0 bridgehead atoms. The summed E-state index contributed by atoms with van der Waals surface area (Å²) in [5, 5.41) is 14.0. The summed E-state index contributed by atoms with van der Waals surface area (Å²) in [6.45, 7) is 2.14. The molecule has 0 amide bonds. The fourth-order valence-corrected chi connectivity index (χ4v) is 3.89. The number of para-hydroxylation sites is 1.